The minimum Gasteiger partial charge on any atom is -0.508 e. The van der Waals surface area contributed by atoms with Crippen LogP contribution < -0.4 is 0 Å². The smallest absolute Gasteiger partial charge is 0.235 e. The van der Waals surface area contributed by atoms with Gasteiger partial charge in [-0.3, -0.25) is 0 Å². The third-order valence-electron chi connectivity index (χ3n) is 1.63. The molecule has 1 N–H and O–H groups in total. The van der Waals surface area contributed by atoms with E-state index in [1.807, 2.05) is 0 Å². The van der Waals surface area contributed by atoms with E-state index >= 15 is 0 Å². The monoisotopic (exact) mass is 181 g/mol. The normalized spacial score (nSPS) is 11.8. The minimum absolute atomic E-state index is 0.0939. The summed E-state index contributed by atoms with van der Waals surface area (Å²) < 4.78 is 12.3. The van der Waals surface area contributed by atoms with Crippen molar-refractivity contribution in [2.45, 2.75) is 6.04 Å². The second-order valence-electron chi connectivity index (χ2n) is 2.48. The SMILES string of the molecule is O=C=NC(CF)c1ccc(O)cc1. The third kappa shape index (κ3) is 2.39. The summed E-state index contributed by atoms with van der Waals surface area (Å²) in [4.78, 5) is 13.2. The predicted molar refractivity (Wildman–Crippen MR) is 44.9 cm³/mol. The number of isocyanates is 1. The number of alkyl halides is 1. The predicted octanol–water partition coefficient (Wildman–Crippen LogP) is 1.74. The maximum Gasteiger partial charge on any atom is 0.235 e. The molecule has 0 aliphatic heterocycles. The molecular weight excluding hydrogens is 173 g/mol. The van der Waals surface area contributed by atoms with Crippen molar-refractivity contribution < 1.29 is 14.3 Å². The van der Waals surface area contributed by atoms with Crippen LogP contribution in [0.25, 0.3) is 0 Å². The van der Waals surface area contributed by atoms with Gasteiger partial charge in [0.05, 0.1) is 0 Å². The van der Waals surface area contributed by atoms with Crippen LogP contribution in [0.1, 0.15) is 11.6 Å². The number of rotatable bonds is 3. The van der Waals surface area contributed by atoms with Crippen molar-refractivity contribution in [3.8, 4) is 5.75 Å². The van der Waals surface area contributed by atoms with Crippen LogP contribution in [0.3, 0.4) is 0 Å². The molecular formula is C9H8FNO2. The molecule has 0 fully saturated rings. The summed E-state index contributed by atoms with van der Waals surface area (Å²) >= 11 is 0. The van der Waals surface area contributed by atoms with Crippen molar-refractivity contribution in [2.75, 3.05) is 6.67 Å². The fourth-order valence-electron chi connectivity index (χ4n) is 0.958. The standard InChI is InChI=1S/C9H8FNO2/c10-5-9(11-6-12)7-1-3-8(13)4-2-7/h1-4,9,13H,5H2. The molecule has 0 aliphatic carbocycles. The number of hydrogen-bond acceptors (Lipinski definition) is 3. The number of nitrogens with zero attached hydrogens (tertiary/aromatic N) is 1. The van der Waals surface area contributed by atoms with Crippen molar-refractivity contribution in [1.82, 2.24) is 0 Å². The Labute approximate surface area is 74.5 Å². The molecule has 0 saturated heterocycles. The third-order valence-corrected chi connectivity index (χ3v) is 1.63. The zero-order valence-corrected chi connectivity index (χ0v) is 6.77. The van der Waals surface area contributed by atoms with Crippen LogP contribution in [-0.4, -0.2) is 17.9 Å². The van der Waals surface area contributed by atoms with E-state index in [1.165, 1.54) is 30.3 Å². The quantitative estimate of drug-likeness (QED) is 0.570. The van der Waals surface area contributed by atoms with Gasteiger partial charge in [0.1, 0.15) is 18.5 Å². The second-order valence-corrected chi connectivity index (χ2v) is 2.48. The molecule has 0 saturated carbocycles. The first-order chi connectivity index (χ1) is 6.27. The summed E-state index contributed by atoms with van der Waals surface area (Å²) in [5.74, 6) is 0.0939. The Balaban J connectivity index is 2.91. The van der Waals surface area contributed by atoms with Crippen molar-refractivity contribution in [3.05, 3.63) is 29.8 Å². The van der Waals surface area contributed by atoms with Crippen LogP contribution >= 0.6 is 0 Å². The highest BCUT2D eigenvalue weighted by Crippen LogP contribution is 2.19. The van der Waals surface area contributed by atoms with Gasteiger partial charge >= 0.3 is 0 Å². The molecule has 1 rings (SSSR count). The van der Waals surface area contributed by atoms with E-state index in [1.54, 1.807) is 0 Å². The van der Waals surface area contributed by atoms with Gasteiger partial charge in [0.25, 0.3) is 0 Å². The molecule has 1 aromatic carbocycles. The highest BCUT2D eigenvalue weighted by Gasteiger charge is 2.08. The summed E-state index contributed by atoms with van der Waals surface area (Å²) in [6, 6.07) is 5.05. The topological polar surface area (TPSA) is 49.7 Å². The molecule has 0 amide bonds. The summed E-state index contributed by atoms with van der Waals surface area (Å²) in [7, 11) is 0. The lowest BCUT2D eigenvalue weighted by molar-refractivity contribution is 0.434. The highest BCUT2D eigenvalue weighted by atomic mass is 19.1. The molecule has 1 unspecified atom stereocenters. The van der Waals surface area contributed by atoms with Gasteiger partial charge in [-0.25, -0.2) is 9.18 Å². The van der Waals surface area contributed by atoms with Crippen molar-refractivity contribution >= 4 is 6.08 Å². The van der Waals surface area contributed by atoms with Crippen LogP contribution in [0.15, 0.2) is 29.3 Å². The Kier molecular flexibility index (Phi) is 3.17. The lowest BCUT2D eigenvalue weighted by Crippen LogP contribution is -1.96. The number of carbonyl (C=O) groups excluding carboxylic acids is 1. The molecule has 0 spiro atoms. The Morgan fingerprint density at radius 2 is 2.08 bits per heavy atom. The van der Waals surface area contributed by atoms with E-state index in [9.17, 15) is 9.18 Å². The van der Waals surface area contributed by atoms with Crippen LogP contribution in [-0.2, 0) is 4.79 Å². The van der Waals surface area contributed by atoms with Gasteiger partial charge in [0, 0.05) is 0 Å². The Morgan fingerprint density at radius 3 is 2.54 bits per heavy atom. The number of halogens is 1. The Bertz CT molecular complexity index is 317. The average Bonchev–Trinajstić information content (AvgIpc) is 2.16. The van der Waals surface area contributed by atoms with Gasteiger partial charge in [-0.05, 0) is 17.7 Å². The summed E-state index contributed by atoms with van der Waals surface area (Å²) in [6.45, 7) is -0.750. The van der Waals surface area contributed by atoms with Gasteiger partial charge < -0.3 is 5.11 Å². The van der Waals surface area contributed by atoms with E-state index in [0.717, 1.165) is 0 Å². The first-order valence-electron chi connectivity index (χ1n) is 3.70. The first-order valence-corrected chi connectivity index (χ1v) is 3.70. The maximum absolute atomic E-state index is 12.3. The molecule has 1 aromatic rings. The molecule has 4 heteroatoms. The molecule has 3 nitrogen and oxygen atoms in total. The number of phenolic OH excluding ortho intramolecular Hbond substituents is 1. The fourth-order valence-corrected chi connectivity index (χ4v) is 0.958. The van der Waals surface area contributed by atoms with Crippen LogP contribution in [0.5, 0.6) is 5.75 Å². The Morgan fingerprint density at radius 1 is 1.46 bits per heavy atom. The van der Waals surface area contributed by atoms with Gasteiger partial charge in [0.2, 0.25) is 6.08 Å². The number of aromatic hydroxyl groups is 1. The number of benzene rings is 1. The zero-order valence-electron chi connectivity index (χ0n) is 6.77. The van der Waals surface area contributed by atoms with Crippen LogP contribution in [0.4, 0.5) is 4.39 Å². The summed E-state index contributed by atoms with van der Waals surface area (Å²) in [6.07, 6.45) is 1.30. The first kappa shape index (κ1) is 9.42. The van der Waals surface area contributed by atoms with Gasteiger partial charge in [-0.15, -0.1) is 0 Å². The minimum atomic E-state index is -0.807. The van der Waals surface area contributed by atoms with Crippen molar-refractivity contribution in [1.29, 1.82) is 0 Å². The lowest BCUT2D eigenvalue weighted by atomic mass is 10.1. The summed E-state index contributed by atoms with van der Waals surface area (Å²) in [5.41, 5.74) is 0.545. The van der Waals surface area contributed by atoms with Crippen LogP contribution in [0, 0.1) is 0 Å². The van der Waals surface area contributed by atoms with Crippen molar-refractivity contribution in [3.63, 3.8) is 0 Å². The number of aliphatic imine (C=N–C) groups is 1. The zero-order chi connectivity index (χ0) is 9.68. The van der Waals surface area contributed by atoms with Gasteiger partial charge in [0.15, 0.2) is 0 Å². The Hall–Kier alpha value is -1.67. The van der Waals surface area contributed by atoms with E-state index < -0.39 is 12.7 Å². The van der Waals surface area contributed by atoms with Gasteiger partial charge in [-0.2, -0.15) is 4.99 Å². The second kappa shape index (κ2) is 4.38. The van der Waals surface area contributed by atoms with Crippen LogP contribution in [0.2, 0.25) is 0 Å². The van der Waals surface area contributed by atoms with E-state index in [0.29, 0.717) is 5.56 Å². The maximum atomic E-state index is 12.3. The number of hydrogen-bond donors (Lipinski definition) is 1. The molecule has 1 atom stereocenters. The highest BCUT2D eigenvalue weighted by molar-refractivity contribution is 5.36. The number of phenols is 1. The van der Waals surface area contributed by atoms with E-state index in [2.05, 4.69) is 4.99 Å². The molecule has 13 heavy (non-hydrogen) atoms. The average molecular weight is 181 g/mol. The largest absolute Gasteiger partial charge is 0.508 e. The van der Waals surface area contributed by atoms with Crippen molar-refractivity contribution in [2.24, 2.45) is 4.99 Å². The molecule has 0 aliphatic rings. The fraction of sp³-hybridized carbons (Fsp3) is 0.222. The van der Waals surface area contributed by atoms with E-state index in [-0.39, 0.29) is 5.75 Å². The molecule has 68 valence electrons. The molecule has 0 bridgehead atoms. The van der Waals surface area contributed by atoms with Gasteiger partial charge in [-0.1, -0.05) is 12.1 Å². The molecule has 0 radical (unpaired) electrons. The van der Waals surface area contributed by atoms with E-state index in [4.69, 9.17) is 5.11 Å². The summed E-state index contributed by atoms with van der Waals surface area (Å²) in [5, 5.41) is 8.94. The molecule has 0 heterocycles. The lowest BCUT2D eigenvalue weighted by Gasteiger charge is -2.05. The molecule has 0 aromatic heterocycles.